The predicted octanol–water partition coefficient (Wildman–Crippen LogP) is 4.57. The zero-order chi connectivity index (χ0) is 16.1. The molecule has 3 rings (SSSR count). The summed E-state index contributed by atoms with van der Waals surface area (Å²) < 4.78 is 5.50. The lowest BCUT2D eigenvalue weighted by Crippen LogP contribution is -2.33. The highest BCUT2D eigenvalue weighted by Crippen LogP contribution is 2.34. The number of aryl methyl sites for hydroxylation is 1. The van der Waals surface area contributed by atoms with Gasteiger partial charge in [-0.2, -0.15) is 0 Å². The summed E-state index contributed by atoms with van der Waals surface area (Å²) in [5.74, 6) is 2.20. The van der Waals surface area contributed by atoms with E-state index in [0.717, 1.165) is 48.0 Å². The third-order valence-corrected chi connectivity index (χ3v) is 5.59. The summed E-state index contributed by atoms with van der Waals surface area (Å²) >= 11 is 7.86. The molecule has 2 heterocycles. The molecule has 0 radical (unpaired) electrons. The molecular formula is C18H20ClNO2S. The Balaban J connectivity index is 1.52. The largest absolute Gasteiger partial charge is 0.468 e. The predicted molar refractivity (Wildman–Crippen MR) is 94.9 cm³/mol. The van der Waals surface area contributed by atoms with Gasteiger partial charge in [0.25, 0.3) is 0 Å². The van der Waals surface area contributed by atoms with Crippen LogP contribution in [-0.2, 0) is 11.2 Å². The number of carbonyl (C=O) groups excluding carboxylic acids is 1. The molecular weight excluding hydrogens is 330 g/mol. The van der Waals surface area contributed by atoms with Gasteiger partial charge in [0.2, 0.25) is 5.91 Å². The first-order valence-electron chi connectivity index (χ1n) is 7.89. The Morgan fingerprint density at radius 2 is 2.22 bits per heavy atom. The van der Waals surface area contributed by atoms with Crippen molar-refractivity contribution >= 4 is 29.3 Å². The van der Waals surface area contributed by atoms with Crippen molar-refractivity contribution in [2.45, 2.75) is 24.5 Å². The van der Waals surface area contributed by atoms with Crippen molar-refractivity contribution < 1.29 is 9.21 Å². The highest BCUT2D eigenvalue weighted by Gasteiger charge is 2.23. The minimum Gasteiger partial charge on any atom is -0.468 e. The monoisotopic (exact) mass is 349 g/mol. The van der Waals surface area contributed by atoms with Gasteiger partial charge in [-0.3, -0.25) is 4.79 Å². The normalized spacial score (nSPS) is 18.7. The van der Waals surface area contributed by atoms with Crippen LogP contribution >= 0.6 is 23.4 Å². The van der Waals surface area contributed by atoms with Crippen LogP contribution in [-0.4, -0.2) is 29.6 Å². The molecule has 122 valence electrons. The molecule has 1 aromatic heterocycles. The molecule has 1 aliphatic rings. The number of carbonyl (C=O) groups is 1. The van der Waals surface area contributed by atoms with Gasteiger partial charge >= 0.3 is 0 Å². The van der Waals surface area contributed by atoms with E-state index < -0.39 is 0 Å². The number of halogens is 1. The lowest BCUT2D eigenvalue weighted by Gasteiger charge is -2.20. The maximum Gasteiger partial charge on any atom is 0.222 e. The summed E-state index contributed by atoms with van der Waals surface area (Å²) in [4.78, 5) is 14.4. The molecule has 1 aliphatic heterocycles. The summed E-state index contributed by atoms with van der Waals surface area (Å²) in [6, 6.07) is 11.7. The zero-order valence-corrected chi connectivity index (χ0v) is 14.5. The Hall–Kier alpha value is -1.39. The van der Waals surface area contributed by atoms with Crippen molar-refractivity contribution in [1.82, 2.24) is 4.90 Å². The highest BCUT2D eigenvalue weighted by molar-refractivity contribution is 7.99. The van der Waals surface area contributed by atoms with Gasteiger partial charge in [0, 0.05) is 30.3 Å². The average Bonchev–Trinajstić information content (AvgIpc) is 2.97. The fraction of sp³-hybridized carbons (Fsp3) is 0.389. The zero-order valence-electron chi connectivity index (χ0n) is 12.9. The van der Waals surface area contributed by atoms with Gasteiger partial charge in [0.1, 0.15) is 5.76 Å². The van der Waals surface area contributed by atoms with Gasteiger partial charge in [0.15, 0.2) is 0 Å². The fourth-order valence-electron chi connectivity index (χ4n) is 2.82. The van der Waals surface area contributed by atoms with E-state index in [1.165, 1.54) is 0 Å². The number of nitrogens with zero attached hydrogens (tertiary/aromatic N) is 1. The summed E-state index contributed by atoms with van der Waals surface area (Å²) in [6.07, 6.45) is 3.94. The summed E-state index contributed by atoms with van der Waals surface area (Å²) in [6.45, 7) is 1.61. The van der Waals surface area contributed by atoms with Crippen LogP contribution in [0.3, 0.4) is 0 Å². The Kier molecular flexibility index (Phi) is 5.68. The van der Waals surface area contributed by atoms with Gasteiger partial charge in [-0.1, -0.05) is 23.7 Å². The summed E-state index contributed by atoms with van der Waals surface area (Å²) in [5, 5.41) is 1.08. The van der Waals surface area contributed by atoms with E-state index in [1.54, 1.807) is 6.26 Å². The van der Waals surface area contributed by atoms with E-state index in [4.69, 9.17) is 16.0 Å². The van der Waals surface area contributed by atoms with Gasteiger partial charge in [0.05, 0.1) is 11.5 Å². The van der Waals surface area contributed by atoms with E-state index in [2.05, 4.69) is 0 Å². The molecule has 5 heteroatoms. The van der Waals surface area contributed by atoms with Crippen LogP contribution in [0.25, 0.3) is 0 Å². The van der Waals surface area contributed by atoms with Crippen LogP contribution in [0.1, 0.15) is 29.4 Å². The number of hydrogen-bond acceptors (Lipinski definition) is 3. The highest BCUT2D eigenvalue weighted by atomic mass is 35.5. The molecule has 2 aromatic rings. The van der Waals surface area contributed by atoms with Crippen LogP contribution in [0.4, 0.5) is 0 Å². The van der Waals surface area contributed by atoms with E-state index in [0.29, 0.717) is 11.7 Å². The molecule has 1 amide bonds. The van der Waals surface area contributed by atoms with Crippen LogP contribution in [0.5, 0.6) is 0 Å². The van der Waals surface area contributed by atoms with Crippen molar-refractivity contribution in [2.24, 2.45) is 0 Å². The lowest BCUT2D eigenvalue weighted by molar-refractivity contribution is -0.130. The topological polar surface area (TPSA) is 33.5 Å². The van der Waals surface area contributed by atoms with E-state index in [-0.39, 0.29) is 5.91 Å². The number of furan rings is 1. The van der Waals surface area contributed by atoms with Crippen molar-refractivity contribution in [2.75, 3.05) is 18.8 Å². The van der Waals surface area contributed by atoms with E-state index >= 15 is 0 Å². The lowest BCUT2D eigenvalue weighted by atomic mass is 10.1. The number of amides is 1. The van der Waals surface area contributed by atoms with Crippen molar-refractivity contribution in [3.63, 3.8) is 0 Å². The number of hydrogen-bond donors (Lipinski definition) is 0. The number of thioether (sulfide) groups is 1. The quantitative estimate of drug-likeness (QED) is 0.810. The van der Waals surface area contributed by atoms with Gasteiger partial charge < -0.3 is 9.32 Å². The van der Waals surface area contributed by atoms with Gasteiger partial charge in [-0.15, -0.1) is 11.8 Å². The Labute approximate surface area is 146 Å². The Bertz CT molecular complexity index is 644. The van der Waals surface area contributed by atoms with Crippen LogP contribution in [0, 0.1) is 0 Å². The second-order valence-corrected chi connectivity index (χ2v) is 7.42. The van der Waals surface area contributed by atoms with Crippen LogP contribution < -0.4 is 0 Å². The molecule has 0 N–H and O–H groups in total. The number of benzene rings is 1. The maximum absolute atomic E-state index is 12.5. The molecule has 0 saturated carbocycles. The average molecular weight is 350 g/mol. The third kappa shape index (κ3) is 4.55. The van der Waals surface area contributed by atoms with Crippen LogP contribution in [0.2, 0.25) is 5.02 Å². The molecule has 1 fully saturated rings. The second-order valence-electron chi connectivity index (χ2n) is 5.67. The first kappa shape index (κ1) is 16.5. The molecule has 0 bridgehead atoms. The SMILES string of the molecule is O=C(CCc1cccc(Cl)c1)N1CCSC(c2ccco2)CC1. The molecule has 3 nitrogen and oxygen atoms in total. The summed E-state index contributed by atoms with van der Waals surface area (Å²) in [5.41, 5.74) is 1.11. The molecule has 1 aromatic carbocycles. The van der Waals surface area contributed by atoms with Gasteiger partial charge in [-0.05, 0) is 42.7 Å². The molecule has 0 spiro atoms. The molecule has 23 heavy (non-hydrogen) atoms. The minimum absolute atomic E-state index is 0.227. The van der Waals surface area contributed by atoms with Crippen molar-refractivity contribution in [3.8, 4) is 0 Å². The smallest absolute Gasteiger partial charge is 0.222 e. The first-order valence-corrected chi connectivity index (χ1v) is 9.32. The van der Waals surface area contributed by atoms with Crippen molar-refractivity contribution in [1.29, 1.82) is 0 Å². The van der Waals surface area contributed by atoms with Gasteiger partial charge in [-0.25, -0.2) is 0 Å². The summed E-state index contributed by atoms with van der Waals surface area (Å²) in [7, 11) is 0. The molecule has 1 atom stereocenters. The second kappa shape index (κ2) is 7.93. The Morgan fingerprint density at radius 3 is 3.00 bits per heavy atom. The Morgan fingerprint density at radius 1 is 1.30 bits per heavy atom. The molecule has 0 aliphatic carbocycles. The van der Waals surface area contributed by atoms with Crippen LogP contribution in [0.15, 0.2) is 47.1 Å². The third-order valence-electron chi connectivity index (χ3n) is 4.07. The first-order chi connectivity index (χ1) is 11.2. The fourth-order valence-corrected chi connectivity index (χ4v) is 4.22. The molecule has 1 unspecified atom stereocenters. The van der Waals surface area contributed by atoms with E-state index in [9.17, 15) is 4.79 Å². The molecule has 1 saturated heterocycles. The maximum atomic E-state index is 12.5. The van der Waals surface area contributed by atoms with Crippen molar-refractivity contribution in [3.05, 3.63) is 59.0 Å². The van der Waals surface area contributed by atoms with E-state index in [1.807, 2.05) is 53.1 Å². The standard InChI is InChI=1S/C18H20ClNO2S/c19-15-4-1-3-14(13-15)6-7-18(21)20-9-8-17(23-12-10-20)16-5-2-11-22-16/h1-5,11,13,17H,6-10,12H2. The number of rotatable bonds is 4. The minimum atomic E-state index is 0.227.